The van der Waals surface area contributed by atoms with Gasteiger partial charge < -0.3 is 33.9 Å². The normalized spacial score (nSPS) is 14.5. The van der Waals surface area contributed by atoms with Crippen molar-refractivity contribution >= 4 is 22.5 Å². The SMILES string of the molecule is COc1cc(NC(=O)c2cccc(Oc3ccc4c(c3)c(C)c(C)n4CC(C)CN3CCN(C)CC3)c2)cc(OC)c1-c1ccc(F)cc1. The van der Waals surface area contributed by atoms with Crippen molar-refractivity contribution < 1.29 is 23.4 Å². The number of likely N-dealkylation sites (N-methyl/N-ethyl adjacent to an activating group) is 1. The van der Waals surface area contributed by atoms with E-state index in [9.17, 15) is 9.18 Å². The van der Waals surface area contributed by atoms with Crippen molar-refractivity contribution in [2.45, 2.75) is 27.3 Å². The Morgan fingerprint density at radius 2 is 1.53 bits per heavy atom. The van der Waals surface area contributed by atoms with Crippen LogP contribution in [0.4, 0.5) is 10.1 Å². The maximum absolute atomic E-state index is 13.6. The summed E-state index contributed by atoms with van der Waals surface area (Å²) in [4.78, 5) is 18.4. The lowest BCUT2D eigenvalue weighted by atomic mass is 10.0. The summed E-state index contributed by atoms with van der Waals surface area (Å²) >= 11 is 0. The van der Waals surface area contributed by atoms with Crippen LogP contribution in [0.15, 0.2) is 78.9 Å². The summed E-state index contributed by atoms with van der Waals surface area (Å²) in [5.41, 5.74) is 6.05. The monoisotopic (exact) mass is 664 g/mol. The summed E-state index contributed by atoms with van der Waals surface area (Å²) in [5, 5.41) is 4.12. The summed E-state index contributed by atoms with van der Waals surface area (Å²) in [6.45, 7) is 13.3. The average molecular weight is 665 g/mol. The van der Waals surface area contributed by atoms with Crippen LogP contribution in [0.2, 0.25) is 0 Å². The Morgan fingerprint density at radius 1 is 0.857 bits per heavy atom. The van der Waals surface area contributed by atoms with Gasteiger partial charge in [0.2, 0.25) is 0 Å². The second-order valence-corrected chi connectivity index (χ2v) is 13.1. The van der Waals surface area contributed by atoms with Crippen molar-refractivity contribution in [2.75, 3.05) is 59.3 Å². The van der Waals surface area contributed by atoms with Gasteiger partial charge in [-0.3, -0.25) is 4.79 Å². The van der Waals surface area contributed by atoms with Crippen molar-refractivity contribution in [1.29, 1.82) is 0 Å². The average Bonchev–Trinajstić information content (AvgIpc) is 3.33. The van der Waals surface area contributed by atoms with Crippen LogP contribution in [0, 0.1) is 25.6 Å². The van der Waals surface area contributed by atoms with Gasteiger partial charge in [-0.1, -0.05) is 25.1 Å². The number of benzene rings is 4. The van der Waals surface area contributed by atoms with Crippen LogP contribution in [0.25, 0.3) is 22.0 Å². The number of carbonyl (C=O) groups excluding carboxylic acids is 1. The number of nitrogens with zero attached hydrogens (tertiary/aromatic N) is 3. The van der Waals surface area contributed by atoms with Crippen LogP contribution < -0.4 is 19.5 Å². The predicted octanol–water partition coefficient (Wildman–Crippen LogP) is 8.01. The van der Waals surface area contributed by atoms with E-state index in [4.69, 9.17) is 14.2 Å². The highest BCUT2D eigenvalue weighted by molar-refractivity contribution is 6.05. The van der Waals surface area contributed by atoms with Crippen molar-refractivity contribution in [3.63, 3.8) is 0 Å². The topological polar surface area (TPSA) is 68.2 Å². The molecule has 1 saturated heterocycles. The van der Waals surface area contributed by atoms with Gasteiger partial charge in [0, 0.05) is 79.2 Å². The number of aryl methyl sites for hydroxylation is 1. The molecule has 0 aliphatic carbocycles. The minimum absolute atomic E-state index is 0.311. The molecule has 9 heteroatoms. The largest absolute Gasteiger partial charge is 0.496 e. The maximum atomic E-state index is 13.6. The summed E-state index contributed by atoms with van der Waals surface area (Å²) in [6, 6.07) is 22.9. The van der Waals surface area contributed by atoms with Gasteiger partial charge in [0.15, 0.2) is 0 Å². The van der Waals surface area contributed by atoms with Crippen LogP contribution in [0.3, 0.4) is 0 Å². The lowest BCUT2D eigenvalue weighted by Crippen LogP contribution is -2.46. The molecule has 256 valence electrons. The Bertz CT molecular complexity index is 1920. The third-order valence-electron chi connectivity index (χ3n) is 9.50. The van der Waals surface area contributed by atoms with Gasteiger partial charge in [-0.2, -0.15) is 0 Å². The first kappa shape index (κ1) is 34.0. The number of aromatic nitrogens is 1. The molecule has 1 unspecified atom stereocenters. The molecule has 2 heterocycles. The summed E-state index contributed by atoms with van der Waals surface area (Å²) in [5.74, 6) is 2.12. The number of anilines is 1. The van der Waals surface area contributed by atoms with Gasteiger partial charge in [0.1, 0.15) is 28.8 Å². The standard InChI is InChI=1S/C40H45FN4O4/c1-26(24-44-18-16-43(4)17-19-44)25-45-28(3)27(2)35-23-34(14-15-36(35)45)49-33-9-7-8-30(20-33)40(46)42-32-21-37(47-5)39(38(22-32)48-6)29-10-12-31(41)13-11-29/h7-15,20-23,26H,16-19,24-25H2,1-6H3,(H,42,46). The number of carbonyl (C=O) groups is 1. The number of hydrogen-bond acceptors (Lipinski definition) is 6. The molecule has 1 fully saturated rings. The molecular weight excluding hydrogens is 619 g/mol. The first-order valence-corrected chi connectivity index (χ1v) is 16.7. The molecule has 1 aliphatic rings. The number of hydrogen-bond donors (Lipinski definition) is 1. The fourth-order valence-corrected chi connectivity index (χ4v) is 6.69. The van der Waals surface area contributed by atoms with E-state index in [1.54, 1.807) is 56.7 Å². The molecule has 8 nitrogen and oxygen atoms in total. The minimum Gasteiger partial charge on any atom is -0.496 e. The van der Waals surface area contributed by atoms with E-state index >= 15 is 0 Å². The Labute approximate surface area is 288 Å². The van der Waals surface area contributed by atoms with E-state index in [2.05, 4.69) is 59.6 Å². The fraction of sp³-hybridized carbons (Fsp3) is 0.325. The molecule has 0 radical (unpaired) electrons. The molecule has 1 N–H and O–H groups in total. The van der Waals surface area contributed by atoms with Crippen molar-refractivity contribution in [2.24, 2.45) is 5.92 Å². The molecule has 1 amide bonds. The highest BCUT2D eigenvalue weighted by Crippen LogP contribution is 2.41. The Balaban J connectivity index is 1.16. The van der Waals surface area contributed by atoms with Crippen LogP contribution in [0.5, 0.6) is 23.0 Å². The zero-order valence-corrected chi connectivity index (χ0v) is 29.2. The molecular formula is C40H45FN4O4. The van der Waals surface area contributed by atoms with Gasteiger partial charge in [0.05, 0.1) is 19.8 Å². The minimum atomic E-state index is -0.334. The Morgan fingerprint density at radius 3 is 2.20 bits per heavy atom. The van der Waals surface area contributed by atoms with Crippen molar-refractivity contribution in [3.8, 4) is 34.1 Å². The maximum Gasteiger partial charge on any atom is 0.255 e. The Hall–Kier alpha value is -4.86. The zero-order chi connectivity index (χ0) is 34.7. The lowest BCUT2D eigenvalue weighted by Gasteiger charge is -2.34. The molecule has 5 aromatic rings. The van der Waals surface area contributed by atoms with Gasteiger partial charge in [-0.25, -0.2) is 4.39 Å². The highest BCUT2D eigenvalue weighted by Gasteiger charge is 2.20. The molecule has 1 aromatic heterocycles. The molecule has 6 rings (SSSR count). The van der Waals surface area contributed by atoms with Gasteiger partial charge in [-0.05, 0) is 86.5 Å². The predicted molar refractivity (Wildman–Crippen MR) is 194 cm³/mol. The number of amides is 1. The third kappa shape index (κ3) is 7.58. The van der Waals surface area contributed by atoms with Crippen LogP contribution >= 0.6 is 0 Å². The molecule has 0 spiro atoms. The Kier molecular flexibility index (Phi) is 10.2. The summed E-state index contributed by atoms with van der Waals surface area (Å²) in [6.07, 6.45) is 0. The van der Waals surface area contributed by atoms with Crippen LogP contribution in [0.1, 0.15) is 28.5 Å². The summed E-state index contributed by atoms with van der Waals surface area (Å²) in [7, 11) is 5.28. The van der Waals surface area contributed by atoms with E-state index in [1.807, 2.05) is 12.1 Å². The summed E-state index contributed by atoms with van der Waals surface area (Å²) < 4.78 is 33.6. The molecule has 4 aromatic carbocycles. The smallest absolute Gasteiger partial charge is 0.255 e. The van der Waals surface area contributed by atoms with E-state index in [0.717, 1.165) is 44.8 Å². The second-order valence-electron chi connectivity index (χ2n) is 13.1. The number of fused-ring (bicyclic) bond motifs is 1. The van der Waals surface area contributed by atoms with Gasteiger partial charge >= 0.3 is 0 Å². The van der Waals surface area contributed by atoms with Crippen molar-refractivity contribution in [1.82, 2.24) is 14.4 Å². The number of ether oxygens (including phenoxy) is 3. The van der Waals surface area contributed by atoms with Crippen LogP contribution in [-0.4, -0.2) is 74.3 Å². The molecule has 1 atom stereocenters. The molecule has 1 aliphatic heterocycles. The zero-order valence-electron chi connectivity index (χ0n) is 29.2. The molecule has 0 saturated carbocycles. The van der Waals surface area contributed by atoms with E-state index in [-0.39, 0.29) is 11.7 Å². The second kappa shape index (κ2) is 14.7. The van der Waals surface area contributed by atoms with E-state index < -0.39 is 0 Å². The third-order valence-corrected chi connectivity index (χ3v) is 9.50. The number of piperazine rings is 1. The number of halogens is 1. The number of nitrogens with one attached hydrogen (secondary N) is 1. The van der Waals surface area contributed by atoms with Gasteiger partial charge in [-0.15, -0.1) is 0 Å². The van der Waals surface area contributed by atoms with E-state index in [0.29, 0.717) is 45.7 Å². The number of rotatable bonds is 11. The fourth-order valence-electron chi connectivity index (χ4n) is 6.69. The molecule has 0 bridgehead atoms. The van der Waals surface area contributed by atoms with E-state index in [1.165, 1.54) is 34.3 Å². The van der Waals surface area contributed by atoms with Gasteiger partial charge in [0.25, 0.3) is 5.91 Å². The lowest BCUT2D eigenvalue weighted by molar-refractivity contribution is 0.102. The van der Waals surface area contributed by atoms with Crippen molar-refractivity contribution in [3.05, 3.63) is 102 Å². The quantitative estimate of drug-likeness (QED) is 0.154. The first-order valence-electron chi connectivity index (χ1n) is 16.7. The highest BCUT2D eigenvalue weighted by atomic mass is 19.1. The number of methoxy groups -OCH3 is 2. The molecule has 49 heavy (non-hydrogen) atoms. The first-order chi connectivity index (χ1) is 23.6. The van der Waals surface area contributed by atoms with Crippen LogP contribution in [-0.2, 0) is 6.54 Å².